The fraction of sp³-hybridized carbons (Fsp3) is 0.364. The molecule has 1 aliphatic heterocycles. The van der Waals surface area contributed by atoms with Gasteiger partial charge in [-0.15, -0.1) is 0 Å². The molecule has 1 fully saturated rings. The van der Waals surface area contributed by atoms with Crippen LogP contribution < -0.4 is 9.64 Å². The van der Waals surface area contributed by atoms with Crippen molar-refractivity contribution in [3.05, 3.63) is 54.1 Å². The lowest BCUT2D eigenvalue weighted by Gasteiger charge is -2.29. The van der Waals surface area contributed by atoms with Crippen LogP contribution in [0.5, 0.6) is 5.75 Å². The second-order valence-corrected chi connectivity index (χ2v) is 7.82. The summed E-state index contributed by atoms with van der Waals surface area (Å²) in [6, 6.07) is 15.3. The quantitative estimate of drug-likeness (QED) is 0.594. The van der Waals surface area contributed by atoms with Crippen molar-refractivity contribution in [2.45, 2.75) is 6.92 Å². The van der Waals surface area contributed by atoms with Crippen molar-refractivity contribution in [3.8, 4) is 5.75 Å². The molecule has 0 aliphatic carbocycles. The molecule has 29 heavy (non-hydrogen) atoms. The third-order valence-electron chi connectivity index (χ3n) is 4.91. The van der Waals surface area contributed by atoms with Gasteiger partial charge in [-0.25, -0.2) is 4.98 Å². The van der Waals surface area contributed by atoms with E-state index in [2.05, 4.69) is 4.90 Å². The van der Waals surface area contributed by atoms with Crippen molar-refractivity contribution in [3.63, 3.8) is 0 Å². The summed E-state index contributed by atoms with van der Waals surface area (Å²) in [5.74, 6) is 0.726. The number of amides is 1. The topological polar surface area (TPSA) is 54.9 Å². The summed E-state index contributed by atoms with van der Waals surface area (Å²) >= 11 is 1.53. The van der Waals surface area contributed by atoms with E-state index in [4.69, 9.17) is 14.5 Å². The van der Waals surface area contributed by atoms with Crippen LogP contribution in [0.1, 0.15) is 17.3 Å². The standard InChI is InChI=1S/C22H25N3O3S/c1-2-28-18-9-6-10-19-20(18)23-22(29-19)25(12-11-24-13-15-27-16-14-24)21(26)17-7-4-3-5-8-17/h3-10H,2,11-16H2,1H3. The summed E-state index contributed by atoms with van der Waals surface area (Å²) in [4.78, 5) is 22.2. The van der Waals surface area contributed by atoms with E-state index in [9.17, 15) is 4.79 Å². The number of ether oxygens (including phenoxy) is 2. The van der Waals surface area contributed by atoms with Crippen molar-refractivity contribution in [2.24, 2.45) is 0 Å². The summed E-state index contributed by atoms with van der Waals surface area (Å²) in [5.41, 5.74) is 1.48. The van der Waals surface area contributed by atoms with E-state index >= 15 is 0 Å². The van der Waals surface area contributed by atoms with Gasteiger partial charge in [-0.2, -0.15) is 0 Å². The number of carbonyl (C=O) groups excluding carboxylic acids is 1. The molecule has 6 nitrogen and oxygen atoms in total. The summed E-state index contributed by atoms with van der Waals surface area (Å²) in [6.07, 6.45) is 0. The number of aromatic nitrogens is 1. The zero-order valence-electron chi connectivity index (χ0n) is 16.5. The van der Waals surface area contributed by atoms with Gasteiger partial charge in [-0.3, -0.25) is 14.6 Å². The number of rotatable bonds is 7. The molecular formula is C22H25N3O3S. The number of morpholine rings is 1. The summed E-state index contributed by atoms with van der Waals surface area (Å²) in [6.45, 7) is 7.17. The van der Waals surface area contributed by atoms with Gasteiger partial charge in [0.2, 0.25) is 0 Å². The maximum atomic E-state index is 13.3. The molecule has 152 valence electrons. The number of fused-ring (bicyclic) bond motifs is 1. The molecule has 1 aliphatic rings. The fourth-order valence-corrected chi connectivity index (χ4v) is 4.39. The van der Waals surface area contributed by atoms with Crippen LogP contribution in [0.3, 0.4) is 0 Å². The van der Waals surface area contributed by atoms with E-state index in [0.29, 0.717) is 23.8 Å². The minimum atomic E-state index is -0.0316. The molecule has 0 unspecified atom stereocenters. The predicted molar refractivity (Wildman–Crippen MR) is 116 cm³/mol. The fourth-order valence-electron chi connectivity index (χ4n) is 3.39. The second-order valence-electron chi connectivity index (χ2n) is 6.81. The highest BCUT2D eigenvalue weighted by molar-refractivity contribution is 7.22. The number of thiazole rings is 1. The molecule has 2 heterocycles. The molecule has 0 saturated carbocycles. The third kappa shape index (κ3) is 4.58. The van der Waals surface area contributed by atoms with Gasteiger partial charge >= 0.3 is 0 Å². The number of hydrogen-bond donors (Lipinski definition) is 0. The molecule has 2 aromatic carbocycles. The van der Waals surface area contributed by atoms with Crippen LogP contribution in [0.4, 0.5) is 5.13 Å². The molecule has 0 bridgehead atoms. The second kappa shape index (κ2) is 9.35. The Balaban J connectivity index is 1.64. The molecule has 0 spiro atoms. The van der Waals surface area contributed by atoms with Crippen LogP contribution in [0, 0.1) is 0 Å². The monoisotopic (exact) mass is 411 g/mol. The average molecular weight is 412 g/mol. The molecule has 0 N–H and O–H groups in total. The van der Waals surface area contributed by atoms with Crippen molar-refractivity contribution in [1.29, 1.82) is 0 Å². The lowest BCUT2D eigenvalue weighted by Crippen LogP contribution is -2.43. The molecule has 3 aromatic rings. The molecular weight excluding hydrogens is 386 g/mol. The third-order valence-corrected chi connectivity index (χ3v) is 5.95. The molecule has 4 rings (SSSR count). The first kappa shape index (κ1) is 19.8. The smallest absolute Gasteiger partial charge is 0.260 e. The Hall–Kier alpha value is -2.48. The van der Waals surface area contributed by atoms with Gasteiger partial charge in [0.1, 0.15) is 11.3 Å². The van der Waals surface area contributed by atoms with Crippen LogP contribution in [-0.4, -0.2) is 61.8 Å². The summed E-state index contributed by atoms with van der Waals surface area (Å²) in [5, 5.41) is 0.703. The van der Waals surface area contributed by atoms with Crippen LogP contribution >= 0.6 is 11.3 Å². The van der Waals surface area contributed by atoms with Gasteiger partial charge in [0.05, 0.1) is 24.5 Å². The largest absolute Gasteiger partial charge is 0.492 e. The van der Waals surface area contributed by atoms with Gasteiger partial charge in [-0.1, -0.05) is 35.6 Å². The Morgan fingerprint density at radius 3 is 2.72 bits per heavy atom. The van der Waals surface area contributed by atoms with E-state index in [-0.39, 0.29) is 5.91 Å². The Bertz CT molecular complexity index is 954. The Morgan fingerprint density at radius 1 is 1.17 bits per heavy atom. The van der Waals surface area contributed by atoms with Crippen LogP contribution in [0.2, 0.25) is 0 Å². The molecule has 1 amide bonds. The van der Waals surface area contributed by atoms with Crippen LogP contribution in [-0.2, 0) is 4.74 Å². The zero-order valence-corrected chi connectivity index (χ0v) is 17.4. The number of anilines is 1. The first-order chi connectivity index (χ1) is 14.3. The zero-order chi connectivity index (χ0) is 20.1. The van der Waals surface area contributed by atoms with Gasteiger partial charge in [0.15, 0.2) is 5.13 Å². The van der Waals surface area contributed by atoms with Gasteiger partial charge in [0.25, 0.3) is 5.91 Å². The molecule has 7 heteroatoms. The molecule has 1 aromatic heterocycles. The van der Waals surface area contributed by atoms with E-state index in [1.165, 1.54) is 11.3 Å². The number of benzene rings is 2. The van der Waals surface area contributed by atoms with Crippen LogP contribution in [0.15, 0.2) is 48.5 Å². The van der Waals surface area contributed by atoms with Gasteiger partial charge in [0, 0.05) is 31.7 Å². The van der Waals surface area contributed by atoms with Gasteiger partial charge < -0.3 is 9.47 Å². The van der Waals surface area contributed by atoms with E-state index in [1.807, 2.05) is 55.5 Å². The van der Waals surface area contributed by atoms with Crippen molar-refractivity contribution in [1.82, 2.24) is 9.88 Å². The minimum absolute atomic E-state index is 0.0316. The lowest BCUT2D eigenvalue weighted by atomic mass is 10.2. The first-order valence-corrected chi connectivity index (χ1v) is 10.8. The van der Waals surface area contributed by atoms with E-state index < -0.39 is 0 Å². The number of hydrogen-bond acceptors (Lipinski definition) is 6. The number of nitrogens with zero attached hydrogens (tertiary/aromatic N) is 3. The highest BCUT2D eigenvalue weighted by Gasteiger charge is 2.23. The van der Waals surface area contributed by atoms with Crippen LogP contribution in [0.25, 0.3) is 10.2 Å². The highest BCUT2D eigenvalue weighted by atomic mass is 32.1. The van der Waals surface area contributed by atoms with Gasteiger partial charge in [-0.05, 0) is 31.2 Å². The maximum absolute atomic E-state index is 13.3. The lowest BCUT2D eigenvalue weighted by molar-refractivity contribution is 0.0391. The highest BCUT2D eigenvalue weighted by Crippen LogP contribution is 2.34. The normalized spacial score (nSPS) is 14.8. The molecule has 0 atom stereocenters. The first-order valence-electron chi connectivity index (χ1n) is 9.95. The number of para-hydroxylation sites is 1. The minimum Gasteiger partial charge on any atom is -0.492 e. The summed E-state index contributed by atoms with van der Waals surface area (Å²) in [7, 11) is 0. The SMILES string of the molecule is CCOc1cccc2sc(N(CCN3CCOCC3)C(=O)c3ccccc3)nc12. The average Bonchev–Trinajstić information content (AvgIpc) is 3.20. The predicted octanol–water partition coefficient (Wildman–Crippen LogP) is 3.67. The Labute approximate surface area is 174 Å². The Morgan fingerprint density at radius 2 is 1.97 bits per heavy atom. The van der Waals surface area contributed by atoms with E-state index in [0.717, 1.165) is 48.8 Å². The number of carbonyl (C=O) groups is 1. The summed E-state index contributed by atoms with van der Waals surface area (Å²) < 4.78 is 12.2. The van der Waals surface area contributed by atoms with E-state index in [1.54, 1.807) is 4.90 Å². The molecule has 0 radical (unpaired) electrons. The van der Waals surface area contributed by atoms with Crippen molar-refractivity contribution >= 4 is 32.6 Å². The maximum Gasteiger partial charge on any atom is 0.260 e. The molecule has 1 saturated heterocycles. The van der Waals surface area contributed by atoms with Crippen molar-refractivity contribution < 1.29 is 14.3 Å². The van der Waals surface area contributed by atoms with Crippen molar-refractivity contribution in [2.75, 3.05) is 50.9 Å². The Kier molecular flexibility index (Phi) is 6.39.